The minimum atomic E-state index is -1.02. The molecule has 2 amide bonds. The molecule has 2 N–H and O–H groups in total. The number of thiocarbonyl (C=S) groups is 1. The number of hydrogen-bond donors (Lipinski definition) is 2. The van der Waals surface area contributed by atoms with E-state index in [2.05, 4.69) is 10.1 Å². The van der Waals surface area contributed by atoms with Gasteiger partial charge in [-0.1, -0.05) is 42.5 Å². The molecule has 2 aromatic rings. The molecular weight excluding hydrogens is 488 g/mol. The molecule has 0 bridgehead atoms. The third kappa shape index (κ3) is 7.24. The SMILES string of the molecule is COC(=O)c1ccc(/C=C2\SC(=S)N(CCCCCC(=O)Nc3ccc(C(=O)O)cc3)C2=O)cc1. The van der Waals surface area contributed by atoms with Gasteiger partial charge in [0.2, 0.25) is 5.91 Å². The van der Waals surface area contributed by atoms with Crippen molar-refractivity contribution in [2.75, 3.05) is 19.0 Å². The van der Waals surface area contributed by atoms with E-state index in [1.807, 2.05) is 0 Å². The van der Waals surface area contributed by atoms with E-state index in [1.54, 1.807) is 47.4 Å². The minimum absolute atomic E-state index is 0.153. The molecule has 1 saturated heterocycles. The highest BCUT2D eigenvalue weighted by Crippen LogP contribution is 2.32. The molecule has 0 atom stereocenters. The Balaban J connectivity index is 1.42. The number of rotatable bonds is 10. The first-order valence-electron chi connectivity index (χ1n) is 10.9. The number of hydrogen-bond acceptors (Lipinski definition) is 7. The van der Waals surface area contributed by atoms with Crippen LogP contribution in [0.5, 0.6) is 0 Å². The number of ether oxygens (including phenoxy) is 1. The van der Waals surface area contributed by atoms with Crippen molar-refractivity contribution in [3.8, 4) is 0 Å². The van der Waals surface area contributed by atoms with Gasteiger partial charge in [-0.25, -0.2) is 9.59 Å². The van der Waals surface area contributed by atoms with Crippen molar-refractivity contribution in [3.63, 3.8) is 0 Å². The summed E-state index contributed by atoms with van der Waals surface area (Å²) < 4.78 is 5.18. The van der Waals surface area contributed by atoms with Gasteiger partial charge in [-0.15, -0.1) is 0 Å². The summed E-state index contributed by atoms with van der Waals surface area (Å²) in [6.45, 7) is 0.474. The van der Waals surface area contributed by atoms with Crippen LogP contribution in [-0.2, 0) is 14.3 Å². The van der Waals surface area contributed by atoms with E-state index in [4.69, 9.17) is 17.3 Å². The zero-order chi connectivity index (χ0) is 25.4. The van der Waals surface area contributed by atoms with Crippen LogP contribution in [0.25, 0.3) is 6.08 Å². The van der Waals surface area contributed by atoms with Crippen LogP contribution in [0.3, 0.4) is 0 Å². The van der Waals surface area contributed by atoms with Crippen LogP contribution in [0.1, 0.15) is 52.0 Å². The molecule has 10 heteroatoms. The molecule has 35 heavy (non-hydrogen) atoms. The summed E-state index contributed by atoms with van der Waals surface area (Å²) >= 11 is 6.61. The summed E-state index contributed by atoms with van der Waals surface area (Å²) in [7, 11) is 1.32. The van der Waals surface area contributed by atoms with Crippen molar-refractivity contribution in [1.82, 2.24) is 4.90 Å². The number of nitrogens with one attached hydrogen (secondary N) is 1. The van der Waals surface area contributed by atoms with Gasteiger partial charge in [0, 0.05) is 18.7 Å². The number of unbranched alkanes of at least 4 members (excludes halogenated alkanes) is 2. The van der Waals surface area contributed by atoms with Crippen LogP contribution in [0.4, 0.5) is 5.69 Å². The first-order chi connectivity index (χ1) is 16.8. The van der Waals surface area contributed by atoms with Gasteiger partial charge in [-0.2, -0.15) is 0 Å². The molecule has 0 unspecified atom stereocenters. The number of carbonyl (C=O) groups is 4. The number of anilines is 1. The van der Waals surface area contributed by atoms with Crippen molar-refractivity contribution in [1.29, 1.82) is 0 Å². The molecule has 0 spiro atoms. The fourth-order valence-electron chi connectivity index (χ4n) is 3.33. The second-order valence-electron chi connectivity index (χ2n) is 7.69. The van der Waals surface area contributed by atoms with Gasteiger partial charge in [0.1, 0.15) is 4.32 Å². The van der Waals surface area contributed by atoms with Gasteiger partial charge >= 0.3 is 11.9 Å². The highest BCUT2D eigenvalue weighted by Gasteiger charge is 2.31. The molecule has 0 radical (unpaired) electrons. The molecule has 1 fully saturated rings. The molecule has 0 aliphatic carbocycles. The monoisotopic (exact) mass is 512 g/mol. The fourth-order valence-corrected chi connectivity index (χ4v) is 4.64. The van der Waals surface area contributed by atoms with Crippen LogP contribution in [0.15, 0.2) is 53.4 Å². The number of nitrogens with zero attached hydrogens (tertiary/aromatic N) is 1. The lowest BCUT2D eigenvalue weighted by atomic mass is 10.1. The van der Waals surface area contributed by atoms with E-state index in [0.29, 0.717) is 46.3 Å². The summed E-state index contributed by atoms with van der Waals surface area (Å²) in [5.74, 6) is -1.75. The quantitative estimate of drug-likeness (QED) is 0.206. The van der Waals surface area contributed by atoms with Crippen molar-refractivity contribution < 1.29 is 29.0 Å². The lowest BCUT2D eigenvalue weighted by molar-refractivity contribution is -0.122. The molecule has 182 valence electrons. The Bertz CT molecular complexity index is 1160. The summed E-state index contributed by atoms with van der Waals surface area (Å²) in [6, 6.07) is 12.7. The molecule has 0 saturated carbocycles. The second kappa shape index (κ2) is 12.3. The first kappa shape index (κ1) is 26.1. The molecule has 0 aromatic heterocycles. The summed E-state index contributed by atoms with van der Waals surface area (Å²) in [4.78, 5) is 49.4. The Hall–Kier alpha value is -3.50. The molecular formula is C25H24N2O6S2. The Labute approximate surface area is 212 Å². The van der Waals surface area contributed by atoms with E-state index in [-0.39, 0.29) is 17.4 Å². The van der Waals surface area contributed by atoms with Gasteiger partial charge in [0.15, 0.2) is 0 Å². The zero-order valence-electron chi connectivity index (χ0n) is 19.0. The van der Waals surface area contributed by atoms with Gasteiger partial charge in [0.05, 0.1) is 23.1 Å². The van der Waals surface area contributed by atoms with Crippen molar-refractivity contribution in [2.24, 2.45) is 0 Å². The van der Waals surface area contributed by atoms with Gasteiger partial charge in [-0.05, 0) is 60.9 Å². The number of aromatic carboxylic acids is 1. The number of carbonyl (C=O) groups excluding carboxylic acids is 3. The number of thioether (sulfide) groups is 1. The first-order valence-corrected chi connectivity index (χ1v) is 12.1. The van der Waals surface area contributed by atoms with Crippen LogP contribution < -0.4 is 5.32 Å². The largest absolute Gasteiger partial charge is 0.478 e. The van der Waals surface area contributed by atoms with Crippen LogP contribution in [-0.4, -0.2) is 51.7 Å². The summed E-state index contributed by atoms with van der Waals surface area (Å²) in [6.07, 6.45) is 4.16. The van der Waals surface area contributed by atoms with E-state index in [1.165, 1.54) is 31.0 Å². The molecule has 2 aromatic carbocycles. The maximum absolute atomic E-state index is 12.8. The van der Waals surface area contributed by atoms with Crippen molar-refractivity contribution in [2.45, 2.75) is 25.7 Å². The maximum Gasteiger partial charge on any atom is 0.337 e. The van der Waals surface area contributed by atoms with E-state index in [9.17, 15) is 19.2 Å². The number of benzene rings is 2. The minimum Gasteiger partial charge on any atom is -0.478 e. The maximum atomic E-state index is 12.8. The number of carboxylic acids is 1. The van der Waals surface area contributed by atoms with Crippen molar-refractivity contribution >= 4 is 63.8 Å². The Kier molecular flexibility index (Phi) is 9.16. The molecule has 1 heterocycles. The van der Waals surface area contributed by atoms with Gasteiger partial charge in [0.25, 0.3) is 5.91 Å². The molecule has 1 aliphatic heterocycles. The van der Waals surface area contributed by atoms with E-state index in [0.717, 1.165) is 12.0 Å². The Morgan fingerprint density at radius 1 is 1.03 bits per heavy atom. The Morgan fingerprint density at radius 3 is 2.31 bits per heavy atom. The number of esters is 1. The third-order valence-electron chi connectivity index (χ3n) is 5.20. The lowest BCUT2D eigenvalue weighted by Crippen LogP contribution is -2.29. The normalized spacial score (nSPS) is 14.3. The highest BCUT2D eigenvalue weighted by molar-refractivity contribution is 8.26. The second-order valence-corrected chi connectivity index (χ2v) is 9.36. The van der Waals surface area contributed by atoms with Crippen LogP contribution in [0, 0.1) is 0 Å². The highest BCUT2D eigenvalue weighted by atomic mass is 32.2. The van der Waals surface area contributed by atoms with E-state index >= 15 is 0 Å². The standard InChI is InChI=1S/C25H24N2O6S2/c1-33-24(32)18-8-6-16(7-9-18)15-20-22(29)27(25(34)35-20)14-4-2-3-5-21(28)26-19-12-10-17(11-13-19)23(30)31/h6-13,15H,2-5,14H2,1H3,(H,26,28)(H,30,31)/b20-15-. The van der Waals surface area contributed by atoms with Gasteiger partial charge in [-0.3, -0.25) is 14.5 Å². The average Bonchev–Trinajstić information content (AvgIpc) is 3.11. The smallest absolute Gasteiger partial charge is 0.337 e. The lowest BCUT2D eigenvalue weighted by Gasteiger charge is -2.14. The Morgan fingerprint density at radius 2 is 1.69 bits per heavy atom. The summed E-state index contributed by atoms with van der Waals surface area (Å²) in [5, 5.41) is 11.7. The topological polar surface area (TPSA) is 113 Å². The van der Waals surface area contributed by atoms with Crippen molar-refractivity contribution in [3.05, 3.63) is 70.1 Å². The van der Waals surface area contributed by atoms with Gasteiger partial charge < -0.3 is 15.2 Å². The van der Waals surface area contributed by atoms with Crippen LogP contribution >= 0.6 is 24.0 Å². The molecule has 8 nitrogen and oxygen atoms in total. The third-order valence-corrected chi connectivity index (χ3v) is 6.58. The number of methoxy groups -OCH3 is 1. The zero-order valence-corrected chi connectivity index (χ0v) is 20.6. The molecule has 3 rings (SSSR count). The van der Waals surface area contributed by atoms with Crippen LogP contribution in [0.2, 0.25) is 0 Å². The number of amides is 2. The predicted octanol–water partition coefficient (Wildman–Crippen LogP) is 4.57. The predicted molar refractivity (Wildman–Crippen MR) is 138 cm³/mol. The number of carboxylic acid groups (broad SMARTS) is 1. The average molecular weight is 513 g/mol. The molecule has 1 aliphatic rings. The summed E-state index contributed by atoms with van der Waals surface area (Å²) in [5.41, 5.74) is 1.91. The van der Waals surface area contributed by atoms with E-state index < -0.39 is 11.9 Å². The fraction of sp³-hybridized carbons (Fsp3) is 0.240.